The summed E-state index contributed by atoms with van der Waals surface area (Å²) in [7, 11) is 8.82. The Labute approximate surface area is 140 Å². The van der Waals surface area contributed by atoms with E-state index in [1.807, 2.05) is 0 Å². The lowest BCUT2D eigenvalue weighted by atomic mass is 10.7. The molecule has 1 aromatic rings. The van der Waals surface area contributed by atoms with Crippen LogP contribution in [0.1, 0.15) is 0 Å². The van der Waals surface area contributed by atoms with Crippen LogP contribution in [0.5, 0.6) is 0 Å². The molecule has 0 amide bonds. The number of nitrogens with one attached hydrogen (secondary N) is 3. The Hall–Kier alpha value is -1.83. The fourth-order valence-corrected chi connectivity index (χ4v) is 1.53. The van der Waals surface area contributed by atoms with E-state index >= 15 is 0 Å². The highest BCUT2D eigenvalue weighted by atomic mass is 16.7. The molecule has 0 aliphatic rings. The van der Waals surface area contributed by atoms with Gasteiger partial charge in [-0.1, -0.05) is 0 Å². The second-order valence-corrected chi connectivity index (χ2v) is 4.15. The van der Waals surface area contributed by atoms with E-state index in [0.29, 0.717) is 0 Å². The molecule has 1 rings (SSSR count). The summed E-state index contributed by atoms with van der Waals surface area (Å²) >= 11 is 0. The lowest BCUT2D eigenvalue weighted by Crippen LogP contribution is -2.29. The zero-order valence-electron chi connectivity index (χ0n) is 14.5. The van der Waals surface area contributed by atoms with Gasteiger partial charge in [0.2, 0.25) is 37.1 Å². The quantitative estimate of drug-likeness (QED) is 0.434. The summed E-state index contributed by atoms with van der Waals surface area (Å²) in [6.07, 6.45) is -2.22. The molecule has 0 aliphatic carbocycles. The number of methoxy groups -OCH3 is 6. The molecule has 0 radical (unpaired) electrons. The van der Waals surface area contributed by atoms with Gasteiger partial charge < -0.3 is 44.4 Å². The minimum absolute atomic E-state index is 0.181. The van der Waals surface area contributed by atoms with E-state index in [0.717, 1.165) is 0 Å². The number of hydrogen-bond donors (Lipinski definition) is 3. The molecule has 0 saturated carbocycles. The van der Waals surface area contributed by atoms with Crippen molar-refractivity contribution in [1.29, 1.82) is 0 Å². The molecule has 0 fully saturated rings. The highest BCUT2D eigenvalue weighted by Crippen LogP contribution is 2.13. The molecule has 0 aromatic carbocycles. The smallest absolute Gasteiger partial charge is 0.239 e. The average molecular weight is 348 g/mol. The van der Waals surface area contributed by atoms with Gasteiger partial charge in [-0.15, -0.1) is 0 Å². The molecule has 0 unspecified atom stereocenters. The van der Waals surface area contributed by atoms with Gasteiger partial charge in [0.25, 0.3) is 0 Å². The maximum absolute atomic E-state index is 5.06. The van der Waals surface area contributed by atoms with Crippen LogP contribution >= 0.6 is 0 Å². The van der Waals surface area contributed by atoms with Gasteiger partial charge in [0, 0.05) is 42.7 Å². The Bertz CT molecular complexity index is 390. The van der Waals surface area contributed by atoms with Crippen molar-refractivity contribution in [2.75, 3.05) is 58.6 Å². The molecular formula is C12H24N6O6. The fourth-order valence-electron chi connectivity index (χ4n) is 1.53. The van der Waals surface area contributed by atoms with Gasteiger partial charge in [0.05, 0.1) is 0 Å². The minimum Gasteiger partial charge on any atom is -0.339 e. The second kappa shape index (κ2) is 10.9. The van der Waals surface area contributed by atoms with E-state index in [9.17, 15) is 0 Å². The maximum Gasteiger partial charge on any atom is 0.239 e. The first kappa shape index (κ1) is 20.2. The van der Waals surface area contributed by atoms with Crippen LogP contribution in [-0.2, 0) is 28.4 Å². The summed E-state index contributed by atoms with van der Waals surface area (Å²) in [5.74, 6) is 0.543. The maximum atomic E-state index is 5.06. The topological polar surface area (TPSA) is 130 Å². The van der Waals surface area contributed by atoms with Crippen LogP contribution in [0.3, 0.4) is 0 Å². The van der Waals surface area contributed by atoms with Gasteiger partial charge in [-0.2, -0.15) is 15.0 Å². The molecule has 24 heavy (non-hydrogen) atoms. The second-order valence-electron chi connectivity index (χ2n) is 4.15. The molecule has 12 heteroatoms. The average Bonchev–Trinajstić information content (AvgIpc) is 2.61. The first-order chi connectivity index (χ1) is 11.6. The molecule has 0 bridgehead atoms. The summed E-state index contributed by atoms with van der Waals surface area (Å²) in [5, 5.41) is 8.48. The van der Waals surface area contributed by atoms with Crippen LogP contribution in [-0.4, -0.2) is 76.9 Å². The minimum atomic E-state index is -0.741. The Morgan fingerprint density at radius 1 is 0.500 bits per heavy atom. The first-order valence-electron chi connectivity index (χ1n) is 6.82. The Balaban J connectivity index is 3.03. The molecule has 0 aliphatic heterocycles. The Morgan fingerprint density at radius 3 is 0.875 bits per heavy atom. The van der Waals surface area contributed by atoms with Crippen molar-refractivity contribution < 1.29 is 28.4 Å². The van der Waals surface area contributed by atoms with E-state index in [1.54, 1.807) is 0 Å². The van der Waals surface area contributed by atoms with Crippen molar-refractivity contribution in [2.24, 2.45) is 0 Å². The highest BCUT2D eigenvalue weighted by Gasteiger charge is 2.15. The predicted octanol–water partition coefficient (Wildman–Crippen LogP) is -0.163. The van der Waals surface area contributed by atoms with Gasteiger partial charge in [-0.05, 0) is 0 Å². The van der Waals surface area contributed by atoms with Crippen molar-refractivity contribution in [3.8, 4) is 0 Å². The fraction of sp³-hybridized carbons (Fsp3) is 0.750. The highest BCUT2D eigenvalue weighted by molar-refractivity contribution is 5.42. The molecule has 0 saturated heterocycles. The van der Waals surface area contributed by atoms with E-state index < -0.39 is 19.2 Å². The number of rotatable bonds is 12. The van der Waals surface area contributed by atoms with E-state index in [1.165, 1.54) is 42.7 Å². The largest absolute Gasteiger partial charge is 0.339 e. The molecule has 0 atom stereocenters. The zero-order chi connectivity index (χ0) is 17.9. The third-order valence-electron chi connectivity index (χ3n) is 2.66. The summed E-state index contributed by atoms with van der Waals surface area (Å²) in [5.41, 5.74) is 0. The summed E-state index contributed by atoms with van der Waals surface area (Å²) in [4.78, 5) is 12.5. The molecule has 12 nitrogen and oxygen atoms in total. The first-order valence-corrected chi connectivity index (χ1v) is 6.82. The van der Waals surface area contributed by atoms with Crippen LogP contribution in [0.15, 0.2) is 0 Å². The normalized spacial score (nSPS) is 11.4. The van der Waals surface area contributed by atoms with Crippen molar-refractivity contribution in [1.82, 2.24) is 15.0 Å². The molecule has 1 heterocycles. The molecule has 138 valence electrons. The third kappa shape index (κ3) is 6.35. The number of hydrogen-bond acceptors (Lipinski definition) is 12. The summed E-state index contributed by atoms with van der Waals surface area (Å²) in [6, 6.07) is 0. The van der Waals surface area contributed by atoms with Gasteiger partial charge in [-0.3, -0.25) is 0 Å². The predicted molar refractivity (Wildman–Crippen MR) is 84.1 cm³/mol. The van der Waals surface area contributed by atoms with Gasteiger partial charge in [-0.25, -0.2) is 0 Å². The lowest BCUT2D eigenvalue weighted by molar-refractivity contribution is -0.0823. The van der Waals surface area contributed by atoms with E-state index in [-0.39, 0.29) is 17.8 Å². The lowest BCUT2D eigenvalue weighted by Gasteiger charge is -2.19. The Kier molecular flexibility index (Phi) is 9.14. The monoisotopic (exact) mass is 348 g/mol. The number of anilines is 3. The number of nitrogens with zero attached hydrogens (tertiary/aromatic N) is 3. The van der Waals surface area contributed by atoms with Crippen LogP contribution in [0.25, 0.3) is 0 Å². The van der Waals surface area contributed by atoms with Crippen molar-refractivity contribution in [2.45, 2.75) is 19.2 Å². The van der Waals surface area contributed by atoms with Crippen LogP contribution < -0.4 is 16.0 Å². The third-order valence-corrected chi connectivity index (χ3v) is 2.66. The summed E-state index contributed by atoms with van der Waals surface area (Å²) in [6.45, 7) is 0. The molecule has 1 aromatic heterocycles. The summed E-state index contributed by atoms with van der Waals surface area (Å²) < 4.78 is 30.3. The van der Waals surface area contributed by atoms with Crippen molar-refractivity contribution in [3.63, 3.8) is 0 Å². The van der Waals surface area contributed by atoms with E-state index in [2.05, 4.69) is 30.9 Å². The van der Waals surface area contributed by atoms with Gasteiger partial charge in [0.15, 0.2) is 0 Å². The number of aromatic nitrogens is 3. The zero-order valence-corrected chi connectivity index (χ0v) is 14.5. The molecular weight excluding hydrogens is 324 g/mol. The van der Waals surface area contributed by atoms with Gasteiger partial charge in [0.1, 0.15) is 0 Å². The number of ether oxygens (including phenoxy) is 6. The standard InChI is InChI=1S/C12H24N6O6/c1-19-10(20-2)16-7-13-8(17-11(21-3)22-4)15-9(14-7)18-12(23-5)24-6/h10-12H,1-6H3,(H3,13,14,15,16,17,18). The van der Waals surface area contributed by atoms with E-state index in [4.69, 9.17) is 28.4 Å². The molecule has 3 N–H and O–H groups in total. The van der Waals surface area contributed by atoms with Crippen LogP contribution in [0.2, 0.25) is 0 Å². The van der Waals surface area contributed by atoms with Crippen LogP contribution in [0, 0.1) is 0 Å². The van der Waals surface area contributed by atoms with Gasteiger partial charge >= 0.3 is 0 Å². The van der Waals surface area contributed by atoms with Crippen LogP contribution in [0.4, 0.5) is 17.8 Å². The van der Waals surface area contributed by atoms with Crippen molar-refractivity contribution >= 4 is 17.8 Å². The Morgan fingerprint density at radius 2 is 0.708 bits per heavy atom. The van der Waals surface area contributed by atoms with Crippen molar-refractivity contribution in [3.05, 3.63) is 0 Å². The SMILES string of the molecule is COC(Nc1nc(NC(OC)OC)nc(NC(OC)OC)n1)OC. The molecule has 0 spiro atoms.